The summed E-state index contributed by atoms with van der Waals surface area (Å²) < 4.78 is 0. The molecule has 1 aromatic rings. The number of nitrogens with one attached hydrogen (secondary N) is 2. The molecule has 0 aliphatic heterocycles. The van der Waals surface area contributed by atoms with Gasteiger partial charge in [-0.25, -0.2) is 4.98 Å². The van der Waals surface area contributed by atoms with Crippen LogP contribution in [0.25, 0.3) is 0 Å². The largest absolute Gasteiger partial charge is 0.396 e. The quantitative estimate of drug-likeness (QED) is 0.682. The molecule has 0 radical (unpaired) electrons. The highest BCUT2D eigenvalue weighted by Gasteiger charge is 2.16. The Bertz CT molecular complexity index is 339. The van der Waals surface area contributed by atoms with E-state index in [2.05, 4.69) is 36.4 Å². The van der Waals surface area contributed by atoms with Gasteiger partial charge in [-0.15, -0.1) is 0 Å². The van der Waals surface area contributed by atoms with E-state index in [9.17, 15) is 0 Å². The van der Waals surface area contributed by atoms with Crippen LogP contribution in [0.3, 0.4) is 0 Å². The lowest BCUT2D eigenvalue weighted by molar-refractivity contribution is 0.261. The van der Waals surface area contributed by atoms with Crippen LogP contribution < -0.4 is 10.6 Å². The second-order valence-corrected chi connectivity index (χ2v) is 4.84. The van der Waals surface area contributed by atoms with E-state index in [1.165, 1.54) is 0 Å². The predicted octanol–water partition coefficient (Wildman–Crippen LogP) is 2.48. The van der Waals surface area contributed by atoms with Gasteiger partial charge in [-0.3, -0.25) is 0 Å². The van der Waals surface area contributed by atoms with Crippen LogP contribution in [-0.2, 0) is 0 Å². The molecule has 0 saturated heterocycles. The Morgan fingerprint density at radius 1 is 1.41 bits per heavy atom. The number of aliphatic hydroxyl groups is 1. The average molecular weight is 237 g/mol. The molecule has 0 amide bonds. The summed E-state index contributed by atoms with van der Waals surface area (Å²) in [5.74, 6) is 0.886. The molecule has 0 fully saturated rings. The monoisotopic (exact) mass is 237 g/mol. The first-order valence-electron chi connectivity index (χ1n) is 6.16. The second-order valence-electron chi connectivity index (χ2n) is 4.84. The molecule has 96 valence electrons. The Labute approximate surface area is 103 Å². The predicted molar refractivity (Wildman–Crippen MR) is 72.4 cm³/mol. The zero-order valence-corrected chi connectivity index (χ0v) is 11.0. The molecule has 0 aliphatic rings. The molecular weight excluding hydrogens is 214 g/mol. The third-order valence-corrected chi connectivity index (χ3v) is 2.54. The number of anilines is 2. The summed E-state index contributed by atoms with van der Waals surface area (Å²) in [7, 11) is 0. The third-order valence-electron chi connectivity index (χ3n) is 2.54. The van der Waals surface area contributed by atoms with Crippen LogP contribution in [0.15, 0.2) is 18.3 Å². The Balaban J connectivity index is 2.64. The van der Waals surface area contributed by atoms with Gasteiger partial charge in [0.25, 0.3) is 0 Å². The Hall–Kier alpha value is -1.29. The smallest absolute Gasteiger partial charge is 0.127 e. The van der Waals surface area contributed by atoms with Crippen molar-refractivity contribution in [1.29, 1.82) is 0 Å². The number of aromatic nitrogens is 1. The minimum atomic E-state index is -0.113. The minimum Gasteiger partial charge on any atom is -0.396 e. The van der Waals surface area contributed by atoms with Crippen LogP contribution in [0.4, 0.5) is 11.5 Å². The van der Waals surface area contributed by atoms with Crippen molar-refractivity contribution in [3.05, 3.63) is 18.3 Å². The molecule has 0 aromatic carbocycles. The molecule has 4 nitrogen and oxygen atoms in total. The maximum Gasteiger partial charge on any atom is 0.127 e. The highest BCUT2D eigenvalue weighted by Crippen LogP contribution is 2.19. The zero-order chi connectivity index (χ0) is 12.7. The van der Waals surface area contributed by atoms with Crippen LogP contribution in [0.1, 0.15) is 33.6 Å². The number of hydrogen-bond donors (Lipinski definition) is 3. The number of pyridine rings is 1. The van der Waals surface area contributed by atoms with Crippen molar-refractivity contribution in [3.8, 4) is 0 Å². The SMILES string of the molecule is CCCNc1cc(NC(C)(C)CCO)ccn1. The number of rotatable bonds is 7. The molecule has 0 atom stereocenters. The molecule has 3 N–H and O–H groups in total. The van der Waals surface area contributed by atoms with Crippen LogP contribution >= 0.6 is 0 Å². The summed E-state index contributed by atoms with van der Waals surface area (Å²) in [4.78, 5) is 4.25. The van der Waals surface area contributed by atoms with Gasteiger partial charge < -0.3 is 15.7 Å². The van der Waals surface area contributed by atoms with Crippen LogP contribution in [-0.4, -0.2) is 28.8 Å². The molecule has 17 heavy (non-hydrogen) atoms. The van der Waals surface area contributed by atoms with Crippen LogP contribution in [0, 0.1) is 0 Å². The second kappa shape index (κ2) is 6.45. The van der Waals surface area contributed by atoms with E-state index in [0.717, 1.165) is 24.5 Å². The lowest BCUT2D eigenvalue weighted by Crippen LogP contribution is -2.31. The van der Waals surface area contributed by atoms with Crippen LogP contribution in [0.2, 0.25) is 0 Å². The van der Waals surface area contributed by atoms with E-state index in [1.54, 1.807) is 6.20 Å². The lowest BCUT2D eigenvalue weighted by Gasteiger charge is -2.26. The fourth-order valence-corrected chi connectivity index (χ4v) is 1.59. The maximum absolute atomic E-state index is 8.99. The molecule has 4 heteroatoms. The molecule has 0 aliphatic carbocycles. The van der Waals surface area contributed by atoms with E-state index in [4.69, 9.17) is 5.11 Å². The van der Waals surface area contributed by atoms with Crippen molar-refractivity contribution in [2.24, 2.45) is 0 Å². The van der Waals surface area contributed by atoms with Crippen molar-refractivity contribution in [1.82, 2.24) is 4.98 Å². The molecule has 0 saturated carbocycles. The Morgan fingerprint density at radius 3 is 2.82 bits per heavy atom. The van der Waals surface area contributed by atoms with Gasteiger partial charge in [-0.05, 0) is 32.8 Å². The summed E-state index contributed by atoms with van der Waals surface area (Å²) in [6.07, 6.45) is 3.58. The molecular formula is C13H23N3O. The van der Waals surface area contributed by atoms with Crippen molar-refractivity contribution in [3.63, 3.8) is 0 Å². The van der Waals surface area contributed by atoms with E-state index >= 15 is 0 Å². The van der Waals surface area contributed by atoms with Crippen molar-refractivity contribution < 1.29 is 5.11 Å². The van der Waals surface area contributed by atoms with Gasteiger partial charge in [0.2, 0.25) is 0 Å². The minimum absolute atomic E-state index is 0.113. The molecule has 1 rings (SSSR count). The first-order valence-corrected chi connectivity index (χ1v) is 6.16. The van der Waals surface area contributed by atoms with Gasteiger partial charge in [0.1, 0.15) is 5.82 Å². The van der Waals surface area contributed by atoms with Crippen molar-refractivity contribution in [2.75, 3.05) is 23.8 Å². The summed E-state index contributed by atoms with van der Waals surface area (Å²) in [5, 5.41) is 15.6. The number of nitrogens with zero attached hydrogens (tertiary/aromatic N) is 1. The summed E-state index contributed by atoms with van der Waals surface area (Å²) in [5.41, 5.74) is 0.912. The fourth-order valence-electron chi connectivity index (χ4n) is 1.59. The fraction of sp³-hybridized carbons (Fsp3) is 0.615. The highest BCUT2D eigenvalue weighted by atomic mass is 16.3. The standard InChI is InChI=1S/C13H23N3O/c1-4-7-14-12-10-11(5-8-15-12)16-13(2,3)6-9-17/h5,8,10,17H,4,6-7,9H2,1-3H3,(H2,14,15,16). The maximum atomic E-state index is 8.99. The van der Waals surface area contributed by atoms with E-state index < -0.39 is 0 Å². The van der Waals surface area contributed by atoms with Gasteiger partial charge in [-0.1, -0.05) is 6.92 Å². The van der Waals surface area contributed by atoms with Gasteiger partial charge in [0.05, 0.1) is 0 Å². The first kappa shape index (κ1) is 13.8. The summed E-state index contributed by atoms with van der Waals surface area (Å²) >= 11 is 0. The van der Waals surface area contributed by atoms with Gasteiger partial charge >= 0.3 is 0 Å². The Morgan fingerprint density at radius 2 is 2.18 bits per heavy atom. The summed E-state index contributed by atoms with van der Waals surface area (Å²) in [6, 6.07) is 3.94. The molecule has 0 unspecified atom stereocenters. The van der Waals surface area contributed by atoms with Crippen molar-refractivity contribution >= 4 is 11.5 Å². The Kier molecular flexibility index (Phi) is 5.22. The normalized spacial score (nSPS) is 11.3. The first-order chi connectivity index (χ1) is 8.07. The number of hydrogen-bond acceptors (Lipinski definition) is 4. The van der Waals surface area contributed by atoms with Gasteiger partial charge in [0, 0.05) is 36.6 Å². The van der Waals surface area contributed by atoms with E-state index in [0.29, 0.717) is 6.42 Å². The topological polar surface area (TPSA) is 57.2 Å². The third kappa shape index (κ3) is 5.04. The summed E-state index contributed by atoms with van der Waals surface area (Å²) in [6.45, 7) is 7.38. The van der Waals surface area contributed by atoms with Crippen LogP contribution in [0.5, 0.6) is 0 Å². The van der Waals surface area contributed by atoms with E-state index in [1.807, 2.05) is 12.1 Å². The average Bonchev–Trinajstić information content (AvgIpc) is 2.26. The molecule has 1 heterocycles. The van der Waals surface area contributed by atoms with Crippen molar-refractivity contribution in [2.45, 2.75) is 39.2 Å². The molecule has 0 bridgehead atoms. The molecule has 1 aromatic heterocycles. The van der Waals surface area contributed by atoms with Gasteiger partial charge in [-0.2, -0.15) is 0 Å². The van der Waals surface area contributed by atoms with E-state index in [-0.39, 0.29) is 12.1 Å². The highest BCUT2D eigenvalue weighted by molar-refractivity contribution is 5.53. The lowest BCUT2D eigenvalue weighted by atomic mass is 10.0. The zero-order valence-electron chi connectivity index (χ0n) is 11.0. The molecule has 0 spiro atoms. The van der Waals surface area contributed by atoms with Gasteiger partial charge in [0.15, 0.2) is 0 Å². The number of aliphatic hydroxyl groups excluding tert-OH is 1.